The van der Waals surface area contributed by atoms with E-state index in [1.54, 1.807) is 0 Å². The fourth-order valence-corrected chi connectivity index (χ4v) is 2.95. The van der Waals surface area contributed by atoms with E-state index in [1.165, 1.54) is 19.3 Å². The molecule has 1 amide bonds. The molecule has 0 aromatic rings. The van der Waals surface area contributed by atoms with E-state index in [0.29, 0.717) is 12.5 Å². The Kier molecular flexibility index (Phi) is 5.45. The number of carbonyl (C=O) groups is 1. The first-order valence-corrected chi connectivity index (χ1v) is 7.44. The molecule has 104 valence electrons. The highest BCUT2D eigenvalue weighted by atomic mass is 16.3. The van der Waals surface area contributed by atoms with Crippen LogP contribution in [0.15, 0.2) is 0 Å². The maximum Gasteiger partial charge on any atom is 0.221 e. The van der Waals surface area contributed by atoms with Crippen molar-refractivity contribution in [3.05, 3.63) is 0 Å². The molecule has 4 heteroatoms. The van der Waals surface area contributed by atoms with Gasteiger partial charge in [0.15, 0.2) is 0 Å². The molecule has 0 bridgehead atoms. The minimum atomic E-state index is -0.127. The molecule has 2 N–H and O–H groups in total. The van der Waals surface area contributed by atoms with Crippen molar-refractivity contribution in [1.82, 2.24) is 10.2 Å². The van der Waals surface area contributed by atoms with E-state index >= 15 is 0 Å². The van der Waals surface area contributed by atoms with E-state index in [9.17, 15) is 9.90 Å². The molecule has 0 radical (unpaired) electrons. The van der Waals surface area contributed by atoms with Crippen LogP contribution in [0.2, 0.25) is 0 Å². The highest BCUT2D eigenvalue weighted by Gasteiger charge is 2.19. The SMILES string of the molecule is O=C(CCN1CCC(O)CC1)NC1CCCCC1. The number of aliphatic hydroxyl groups is 1. The van der Waals surface area contributed by atoms with Crippen LogP contribution in [0.5, 0.6) is 0 Å². The number of nitrogens with one attached hydrogen (secondary N) is 1. The van der Waals surface area contributed by atoms with E-state index in [4.69, 9.17) is 0 Å². The Morgan fingerprint density at radius 1 is 1.11 bits per heavy atom. The smallest absolute Gasteiger partial charge is 0.221 e. The first kappa shape index (κ1) is 13.8. The summed E-state index contributed by atoms with van der Waals surface area (Å²) in [7, 11) is 0. The van der Waals surface area contributed by atoms with Crippen molar-refractivity contribution in [2.75, 3.05) is 19.6 Å². The summed E-state index contributed by atoms with van der Waals surface area (Å²) >= 11 is 0. The molecule has 1 heterocycles. The summed E-state index contributed by atoms with van der Waals surface area (Å²) in [6.45, 7) is 2.70. The molecular formula is C14H26N2O2. The van der Waals surface area contributed by atoms with Gasteiger partial charge in [-0.05, 0) is 25.7 Å². The van der Waals surface area contributed by atoms with Crippen LogP contribution in [0, 0.1) is 0 Å². The van der Waals surface area contributed by atoms with Gasteiger partial charge in [0.05, 0.1) is 6.10 Å². The van der Waals surface area contributed by atoms with Crippen molar-refractivity contribution >= 4 is 5.91 Å². The topological polar surface area (TPSA) is 52.6 Å². The predicted octanol–water partition coefficient (Wildman–Crippen LogP) is 1.28. The van der Waals surface area contributed by atoms with Crippen LogP contribution in [0.3, 0.4) is 0 Å². The fraction of sp³-hybridized carbons (Fsp3) is 0.929. The first-order valence-electron chi connectivity index (χ1n) is 7.44. The van der Waals surface area contributed by atoms with E-state index in [-0.39, 0.29) is 12.0 Å². The third-order valence-electron chi connectivity index (χ3n) is 4.18. The molecule has 1 saturated heterocycles. The summed E-state index contributed by atoms with van der Waals surface area (Å²) in [5.41, 5.74) is 0. The molecule has 1 aliphatic heterocycles. The molecule has 2 aliphatic rings. The molecular weight excluding hydrogens is 228 g/mol. The normalized spacial score (nSPS) is 24.1. The lowest BCUT2D eigenvalue weighted by Crippen LogP contribution is -2.40. The van der Waals surface area contributed by atoms with Crippen LogP contribution >= 0.6 is 0 Å². The molecule has 2 rings (SSSR count). The number of nitrogens with zero attached hydrogens (tertiary/aromatic N) is 1. The second kappa shape index (κ2) is 7.10. The average Bonchev–Trinajstić information content (AvgIpc) is 2.39. The summed E-state index contributed by atoms with van der Waals surface area (Å²) in [6.07, 6.45) is 8.33. The van der Waals surface area contributed by atoms with Gasteiger partial charge in [0.25, 0.3) is 0 Å². The lowest BCUT2D eigenvalue weighted by Gasteiger charge is -2.29. The highest BCUT2D eigenvalue weighted by molar-refractivity contribution is 5.76. The standard InChI is InChI=1S/C14H26N2O2/c17-13-6-9-16(10-7-13)11-8-14(18)15-12-4-2-1-3-5-12/h12-13,17H,1-11H2,(H,15,18). The molecule has 0 aromatic carbocycles. The van der Waals surface area contributed by atoms with E-state index in [1.807, 2.05) is 0 Å². The third-order valence-corrected chi connectivity index (χ3v) is 4.18. The van der Waals surface area contributed by atoms with Crippen molar-refractivity contribution in [3.63, 3.8) is 0 Å². The Bertz CT molecular complexity index is 257. The van der Waals surface area contributed by atoms with Crippen LogP contribution in [-0.4, -0.2) is 47.7 Å². The van der Waals surface area contributed by atoms with Crippen molar-refractivity contribution in [1.29, 1.82) is 0 Å². The molecule has 0 atom stereocenters. The van der Waals surface area contributed by atoms with Gasteiger partial charge in [-0.15, -0.1) is 0 Å². The zero-order chi connectivity index (χ0) is 12.8. The molecule has 4 nitrogen and oxygen atoms in total. The monoisotopic (exact) mass is 254 g/mol. The Balaban J connectivity index is 1.59. The second-order valence-corrected chi connectivity index (χ2v) is 5.73. The first-order chi connectivity index (χ1) is 8.74. The second-order valence-electron chi connectivity index (χ2n) is 5.73. The van der Waals surface area contributed by atoms with Gasteiger partial charge in [-0.3, -0.25) is 4.79 Å². The Morgan fingerprint density at radius 3 is 2.44 bits per heavy atom. The summed E-state index contributed by atoms with van der Waals surface area (Å²) in [5.74, 6) is 0.202. The Hall–Kier alpha value is -0.610. The highest BCUT2D eigenvalue weighted by Crippen LogP contribution is 2.17. The molecule has 18 heavy (non-hydrogen) atoms. The van der Waals surface area contributed by atoms with Crippen molar-refractivity contribution in [3.8, 4) is 0 Å². The maximum atomic E-state index is 11.8. The molecule has 0 aromatic heterocycles. The van der Waals surface area contributed by atoms with Gasteiger partial charge in [0, 0.05) is 32.1 Å². The number of amides is 1. The van der Waals surface area contributed by atoms with Crippen molar-refractivity contribution < 1.29 is 9.90 Å². The summed E-state index contributed by atoms with van der Waals surface area (Å²) < 4.78 is 0. The van der Waals surface area contributed by atoms with Gasteiger partial charge in [-0.25, -0.2) is 0 Å². The summed E-state index contributed by atoms with van der Waals surface area (Å²) in [5, 5.41) is 12.6. The number of rotatable bonds is 4. The molecule has 2 fully saturated rings. The average molecular weight is 254 g/mol. The number of hydrogen-bond donors (Lipinski definition) is 2. The fourth-order valence-electron chi connectivity index (χ4n) is 2.95. The van der Waals surface area contributed by atoms with E-state index in [2.05, 4.69) is 10.2 Å². The lowest BCUT2D eigenvalue weighted by molar-refractivity contribution is -0.122. The van der Waals surface area contributed by atoms with Gasteiger partial charge in [-0.2, -0.15) is 0 Å². The van der Waals surface area contributed by atoms with Crippen molar-refractivity contribution in [2.45, 2.75) is 63.5 Å². The number of carbonyl (C=O) groups excluding carboxylic acids is 1. The van der Waals surface area contributed by atoms with E-state index < -0.39 is 0 Å². The number of likely N-dealkylation sites (tertiary alicyclic amines) is 1. The predicted molar refractivity (Wildman–Crippen MR) is 71.3 cm³/mol. The largest absolute Gasteiger partial charge is 0.393 e. The van der Waals surface area contributed by atoms with E-state index in [0.717, 1.165) is 45.3 Å². The molecule has 0 unspecified atom stereocenters. The Labute approximate surface area is 110 Å². The Morgan fingerprint density at radius 2 is 1.78 bits per heavy atom. The molecule has 1 saturated carbocycles. The van der Waals surface area contributed by atoms with Crippen LogP contribution < -0.4 is 5.32 Å². The van der Waals surface area contributed by atoms with Crippen LogP contribution in [0.1, 0.15) is 51.4 Å². The molecule has 0 spiro atoms. The van der Waals surface area contributed by atoms with Gasteiger partial charge < -0.3 is 15.3 Å². The molecule has 1 aliphatic carbocycles. The zero-order valence-corrected chi connectivity index (χ0v) is 11.2. The minimum absolute atomic E-state index is 0.127. The van der Waals surface area contributed by atoms with Gasteiger partial charge in [0.2, 0.25) is 5.91 Å². The van der Waals surface area contributed by atoms with Crippen LogP contribution in [-0.2, 0) is 4.79 Å². The van der Waals surface area contributed by atoms with Crippen molar-refractivity contribution in [2.24, 2.45) is 0 Å². The van der Waals surface area contributed by atoms with Crippen LogP contribution in [0.4, 0.5) is 0 Å². The van der Waals surface area contributed by atoms with Crippen LogP contribution in [0.25, 0.3) is 0 Å². The lowest BCUT2D eigenvalue weighted by atomic mass is 9.95. The summed E-state index contributed by atoms with van der Waals surface area (Å²) in [6, 6.07) is 0.425. The van der Waals surface area contributed by atoms with Gasteiger partial charge in [0.1, 0.15) is 0 Å². The summed E-state index contributed by atoms with van der Waals surface area (Å²) in [4.78, 5) is 14.1. The number of aliphatic hydroxyl groups excluding tert-OH is 1. The number of piperidine rings is 1. The zero-order valence-electron chi connectivity index (χ0n) is 11.2. The number of hydrogen-bond acceptors (Lipinski definition) is 3. The van der Waals surface area contributed by atoms with Gasteiger partial charge in [-0.1, -0.05) is 19.3 Å². The minimum Gasteiger partial charge on any atom is -0.393 e. The maximum absolute atomic E-state index is 11.8. The van der Waals surface area contributed by atoms with Gasteiger partial charge >= 0.3 is 0 Å². The quantitative estimate of drug-likeness (QED) is 0.794. The third kappa shape index (κ3) is 4.58.